The fourth-order valence-electron chi connectivity index (χ4n) is 1.65. The molecule has 0 saturated carbocycles. The molecule has 3 N–H and O–H groups in total. The second-order valence-electron chi connectivity index (χ2n) is 4.44. The summed E-state index contributed by atoms with van der Waals surface area (Å²) in [6.07, 6.45) is 3.14. The Kier molecular flexibility index (Phi) is 5.04. The lowest BCUT2D eigenvalue weighted by atomic mass is 10.2. The van der Waals surface area contributed by atoms with Gasteiger partial charge in [-0.3, -0.25) is 9.97 Å². The number of hydrogen-bond donors (Lipinski definition) is 2. The topological polar surface area (TPSA) is 98.0 Å². The molecule has 0 bridgehead atoms. The van der Waals surface area contributed by atoms with Gasteiger partial charge < -0.3 is 5.73 Å². The van der Waals surface area contributed by atoms with Crippen molar-refractivity contribution in [2.24, 2.45) is 5.73 Å². The Morgan fingerprint density at radius 3 is 2.62 bits per heavy atom. The highest BCUT2D eigenvalue weighted by molar-refractivity contribution is 9.10. The quantitative estimate of drug-likeness (QED) is 0.830. The monoisotopic (exact) mass is 370 g/mol. The van der Waals surface area contributed by atoms with Crippen molar-refractivity contribution < 1.29 is 8.42 Å². The first-order valence-electron chi connectivity index (χ1n) is 6.18. The van der Waals surface area contributed by atoms with Crippen LogP contribution in [0.3, 0.4) is 0 Å². The molecule has 6 nitrogen and oxygen atoms in total. The van der Waals surface area contributed by atoms with E-state index in [-0.39, 0.29) is 11.4 Å². The zero-order valence-corrected chi connectivity index (χ0v) is 13.8. The Bertz CT molecular complexity index is 732. The summed E-state index contributed by atoms with van der Waals surface area (Å²) < 4.78 is 27.5. The van der Waals surface area contributed by atoms with Gasteiger partial charge in [0.05, 0.1) is 29.0 Å². The van der Waals surface area contributed by atoms with Crippen molar-refractivity contribution in [2.45, 2.75) is 24.9 Å². The molecule has 2 rings (SSSR count). The maximum Gasteiger partial charge on any atom is 0.242 e. The zero-order chi connectivity index (χ0) is 15.5. The van der Waals surface area contributed by atoms with Gasteiger partial charge in [0, 0.05) is 17.2 Å². The van der Waals surface area contributed by atoms with E-state index in [1.165, 1.54) is 6.07 Å². The van der Waals surface area contributed by atoms with E-state index in [9.17, 15) is 8.42 Å². The van der Waals surface area contributed by atoms with E-state index >= 15 is 0 Å². The molecule has 0 aliphatic heterocycles. The lowest BCUT2D eigenvalue weighted by molar-refractivity contribution is 0.579. The number of benzene rings is 1. The van der Waals surface area contributed by atoms with E-state index in [0.29, 0.717) is 16.7 Å². The molecular formula is C13H15BrN4O2S. The lowest BCUT2D eigenvalue weighted by Crippen LogP contribution is -2.24. The largest absolute Gasteiger partial charge is 0.326 e. The van der Waals surface area contributed by atoms with Gasteiger partial charge >= 0.3 is 0 Å². The van der Waals surface area contributed by atoms with Crippen LogP contribution < -0.4 is 10.5 Å². The van der Waals surface area contributed by atoms with Gasteiger partial charge in [0.1, 0.15) is 0 Å². The summed E-state index contributed by atoms with van der Waals surface area (Å²) in [7, 11) is -3.63. The van der Waals surface area contributed by atoms with Gasteiger partial charge in [-0.15, -0.1) is 0 Å². The molecule has 0 atom stereocenters. The van der Waals surface area contributed by atoms with Crippen LogP contribution in [0, 0.1) is 6.92 Å². The maximum absolute atomic E-state index is 12.3. The summed E-state index contributed by atoms with van der Waals surface area (Å²) in [5.41, 5.74) is 7.71. The Morgan fingerprint density at radius 2 is 2.05 bits per heavy atom. The number of aryl methyl sites for hydroxylation is 1. The molecule has 2 aromatic rings. The molecule has 0 fully saturated rings. The van der Waals surface area contributed by atoms with Gasteiger partial charge in [0.15, 0.2) is 0 Å². The fraction of sp³-hybridized carbons (Fsp3) is 0.231. The summed E-state index contributed by atoms with van der Waals surface area (Å²) in [5, 5.41) is 0. The number of rotatable bonds is 5. The van der Waals surface area contributed by atoms with Gasteiger partial charge in [-0.1, -0.05) is 6.07 Å². The van der Waals surface area contributed by atoms with Crippen LogP contribution in [0.2, 0.25) is 0 Å². The minimum Gasteiger partial charge on any atom is -0.326 e. The van der Waals surface area contributed by atoms with Crippen LogP contribution in [0.4, 0.5) is 0 Å². The molecule has 0 aliphatic carbocycles. The second kappa shape index (κ2) is 6.61. The molecule has 1 heterocycles. The van der Waals surface area contributed by atoms with Crippen LogP contribution in [-0.2, 0) is 23.1 Å². The van der Waals surface area contributed by atoms with E-state index in [2.05, 4.69) is 30.6 Å². The van der Waals surface area contributed by atoms with Crippen molar-refractivity contribution in [3.63, 3.8) is 0 Å². The van der Waals surface area contributed by atoms with Crippen molar-refractivity contribution in [3.05, 3.63) is 52.0 Å². The first-order valence-corrected chi connectivity index (χ1v) is 8.45. The lowest BCUT2D eigenvalue weighted by Gasteiger charge is -2.09. The Labute approximate surface area is 132 Å². The van der Waals surface area contributed by atoms with Crippen molar-refractivity contribution in [3.8, 4) is 0 Å². The molecule has 0 saturated heterocycles. The summed E-state index contributed by atoms with van der Waals surface area (Å²) in [4.78, 5) is 8.35. The number of sulfonamides is 1. The average Bonchev–Trinajstić information content (AvgIpc) is 2.46. The maximum atomic E-state index is 12.3. The molecule has 0 aliphatic rings. The number of halogens is 1. The van der Waals surface area contributed by atoms with Crippen molar-refractivity contribution in [1.82, 2.24) is 14.7 Å². The first kappa shape index (κ1) is 16.0. The highest BCUT2D eigenvalue weighted by Gasteiger charge is 2.17. The molecule has 0 radical (unpaired) electrons. The second-order valence-corrected chi connectivity index (χ2v) is 7.03. The van der Waals surface area contributed by atoms with Gasteiger partial charge in [0.2, 0.25) is 10.0 Å². The van der Waals surface area contributed by atoms with Gasteiger partial charge in [-0.25, -0.2) is 13.1 Å². The van der Waals surface area contributed by atoms with E-state index in [1.807, 2.05) is 6.92 Å². The molecule has 0 spiro atoms. The molecule has 1 aromatic heterocycles. The molecule has 21 heavy (non-hydrogen) atoms. The third-order valence-corrected chi connectivity index (χ3v) is 5.18. The smallest absolute Gasteiger partial charge is 0.242 e. The standard InChI is InChI=1S/C13H15BrN4O2S/c1-9-6-17-11(7-16-9)8-18-21(19,20)13-3-2-10(5-15)4-12(13)14/h2-4,6-7,18H,5,8,15H2,1H3. The van der Waals surface area contributed by atoms with Crippen molar-refractivity contribution in [1.29, 1.82) is 0 Å². The zero-order valence-electron chi connectivity index (χ0n) is 11.4. The molecule has 0 amide bonds. The van der Waals surface area contributed by atoms with Gasteiger partial charge in [-0.2, -0.15) is 0 Å². The highest BCUT2D eigenvalue weighted by atomic mass is 79.9. The van der Waals surface area contributed by atoms with E-state index in [0.717, 1.165) is 11.3 Å². The minimum atomic E-state index is -3.63. The molecule has 112 valence electrons. The Balaban J connectivity index is 2.16. The van der Waals surface area contributed by atoms with Gasteiger partial charge in [0.25, 0.3) is 0 Å². The summed E-state index contributed by atoms with van der Waals surface area (Å²) in [5.74, 6) is 0. The molecule has 8 heteroatoms. The van der Waals surface area contributed by atoms with E-state index < -0.39 is 10.0 Å². The summed E-state index contributed by atoms with van der Waals surface area (Å²) in [6.45, 7) is 2.25. The number of nitrogens with two attached hydrogens (primary N) is 1. The third-order valence-electron chi connectivity index (χ3n) is 2.80. The Morgan fingerprint density at radius 1 is 1.29 bits per heavy atom. The first-order chi connectivity index (χ1) is 9.92. The van der Waals surface area contributed by atoms with Crippen LogP contribution in [0.25, 0.3) is 0 Å². The normalized spacial score (nSPS) is 11.6. The molecular weight excluding hydrogens is 356 g/mol. The highest BCUT2D eigenvalue weighted by Crippen LogP contribution is 2.23. The van der Waals surface area contributed by atoms with Crippen LogP contribution in [0.5, 0.6) is 0 Å². The number of nitrogens with zero attached hydrogens (tertiary/aromatic N) is 2. The van der Waals surface area contributed by atoms with Crippen LogP contribution in [0.1, 0.15) is 17.0 Å². The average molecular weight is 371 g/mol. The summed E-state index contributed by atoms with van der Waals surface area (Å²) >= 11 is 3.26. The number of hydrogen-bond acceptors (Lipinski definition) is 5. The predicted molar refractivity (Wildman–Crippen MR) is 82.8 cm³/mol. The predicted octanol–water partition coefficient (Wildman–Crippen LogP) is 1.48. The van der Waals surface area contributed by atoms with Crippen LogP contribution in [-0.4, -0.2) is 18.4 Å². The molecule has 0 unspecified atom stereocenters. The minimum absolute atomic E-state index is 0.0840. The van der Waals surface area contributed by atoms with Crippen molar-refractivity contribution in [2.75, 3.05) is 0 Å². The van der Waals surface area contributed by atoms with E-state index in [1.54, 1.807) is 24.5 Å². The number of nitrogens with one attached hydrogen (secondary N) is 1. The van der Waals surface area contributed by atoms with Crippen molar-refractivity contribution >= 4 is 26.0 Å². The summed E-state index contributed by atoms with van der Waals surface area (Å²) in [6, 6.07) is 4.90. The number of aromatic nitrogens is 2. The van der Waals surface area contributed by atoms with Crippen LogP contribution in [0.15, 0.2) is 40.0 Å². The van der Waals surface area contributed by atoms with E-state index in [4.69, 9.17) is 5.73 Å². The Hall–Kier alpha value is -1.35. The fourth-order valence-corrected chi connectivity index (χ4v) is 3.77. The van der Waals surface area contributed by atoms with Gasteiger partial charge in [-0.05, 0) is 40.5 Å². The SMILES string of the molecule is Cc1cnc(CNS(=O)(=O)c2ccc(CN)cc2Br)cn1. The van der Waals surface area contributed by atoms with Crippen LogP contribution >= 0.6 is 15.9 Å². The molecule has 1 aromatic carbocycles. The third kappa shape index (κ3) is 4.07.